The zero-order chi connectivity index (χ0) is 18.8. The number of benzene rings is 2. The minimum Gasteiger partial charge on any atom is -0.349 e. The lowest BCUT2D eigenvalue weighted by Gasteiger charge is -2.30. The first-order chi connectivity index (χ1) is 13.1. The number of amides is 1. The van der Waals surface area contributed by atoms with Gasteiger partial charge in [0.2, 0.25) is 0 Å². The molecule has 1 heterocycles. The molecule has 2 unspecified atom stereocenters. The number of pyridine rings is 1. The summed E-state index contributed by atoms with van der Waals surface area (Å²) in [5, 5.41) is 5.13. The predicted octanol–water partition coefficient (Wildman–Crippen LogP) is 4.64. The molecule has 1 aliphatic rings. The van der Waals surface area contributed by atoms with Gasteiger partial charge in [0, 0.05) is 28.0 Å². The average molecular weight is 381 g/mol. The van der Waals surface area contributed by atoms with Gasteiger partial charge in [0.15, 0.2) is 0 Å². The number of hydrogen-bond acceptors (Lipinski definition) is 2. The second-order valence-corrected chi connectivity index (χ2v) is 7.60. The van der Waals surface area contributed by atoms with E-state index in [1.807, 2.05) is 24.3 Å². The first kappa shape index (κ1) is 17.8. The minimum absolute atomic E-state index is 0.123. The molecule has 5 heteroatoms. The lowest BCUT2D eigenvalue weighted by molar-refractivity contribution is 0.0926. The molecule has 2 atom stereocenters. The SMILES string of the molecule is O=C(NC1CCCC(c2ccc(Cl)cc2)C1)c1c[nH]c(=O)c2ccccc12. The van der Waals surface area contributed by atoms with Crippen LogP contribution in [-0.4, -0.2) is 16.9 Å². The van der Waals surface area contributed by atoms with Crippen LogP contribution in [0.2, 0.25) is 5.02 Å². The lowest BCUT2D eigenvalue weighted by Crippen LogP contribution is -2.38. The molecule has 138 valence electrons. The predicted molar refractivity (Wildman–Crippen MR) is 108 cm³/mol. The van der Waals surface area contributed by atoms with Crippen molar-refractivity contribution in [3.05, 3.63) is 81.2 Å². The highest BCUT2D eigenvalue weighted by Crippen LogP contribution is 2.33. The summed E-state index contributed by atoms with van der Waals surface area (Å²) in [6.45, 7) is 0. The molecule has 0 spiro atoms. The molecule has 1 saturated carbocycles. The Balaban J connectivity index is 1.52. The van der Waals surface area contributed by atoms with Gasteiger partial charge in [-0.3, -0.25) is 9.59 Å². The Morgan fingerprint density at radius 3 is 2.56 bits per heavy atom. The zero-order valence-corrected chi connectivity index (χ0v) is 15.6. The molecule has 1 fully saturated rings. The first-order valence-electron chi connectivity index (χ1n) is 9.28. The summed E-state index contributed by atoms with van der Waals surface area (Å²) in [6.07, 6.45) is 5.59. The van der Waals surface area contributed by atoms with E-state index in [9.17, 15) is 9.59 Å². The van der Waals surface area contributed by atoms with Crippen molar-refractivity contribution >= 4 is 28.3 Å². The molecule has 0 saturated heterocycles. The van der Waals surface area contributed by atoms with E-state index in [0.717, 1.165) is 30.7 Å². The molecule has 3 aromatic rings. The van der Waals surface area contributed by atoms with E-state index in [4.69, 9.17) is 11.6 Å². The van der Waals surface area contributed by atoms with Crippen LogP contribution in [0.15, 0.2) is 59.5 Å². The van der Waals surface area contributed by atoms with Crippen LogP contribution in [0.1, 0.15) is 47.5 Å². The summed E-state index contributed by atoms with van der Waals surface area (Å²) in [4.78, 5) is 27.5. The molecule has 2 aromatic carbocycles. The highest BCUT2D eigenvalue weighted by Gasteiger charge is 2.25. The van der Waals surface area contributed by atoms with Crippen molar-refractivity contribution in [1.82, 2.24) is 10.3 Å². The van der Waals surface area contributed by atoms with Gasteiger partial charge in [-0.05, 0) is 48.9 Å². The molecule has 0 bridgehead atoms. The maximum absolute atomic E-state index is 12.9. The van der Waals surface area contributed by atoms with Gasteiger partial charge in [-0.2, -0.15) is 0 Å². The molecule has 1 aliphatic carbocycles. The third-order valence-electron chi connectivity index (χ3n) is 5.40. The second-order valence-electron chi connectivity index (χ2n) is 7.16. The van der Waals surface area contributed by atoms with E-state index >= 15 is 0 Å². The van der Waals surface area contributed by atoms with Crippen molar-refractivity contribution in [3.8, 4) is 0 Å². The Bertz CT molecular complexity index is 1030. The van der Waals surface area contributed by atoms with Crippen LogP contribution in [-0.2, 0) is 0 Å². The van der Waals surface area contributed by atoms with Crippen LogP contribution in [0.3, 0.4) is 0 Å². The summed E-state index contributed by atoms with van der Waals surface area (Å²) in [7, 11) is 0. The Hall–Kier alpha value is -2.59. The number of carbonyl (C=O) groups excluding carboxylic acids is 1. The van der Waals surface area contributed by atoms with Gasteiger partial charge < -0.3 is 10.3 Å². The number of carbonyl (C=O) groups is 1. The molecule has 1 amide bonds. The van der Waals surface area contributed by atoms with E-state index in [1.54, 1.807) is 12.1 Å². The molecule has 0 radical (unpaired) electrons. The van der Waals surface area contributed by atoms with Gasteiger partial charge in [0.25, 0.3) is 11.5 Å². The Labute approximate surface area is 162 Å². The van der Waals surface area contributed by atoms with Crippen LogP contribution in [0, 0.1) is 0 Å². The first-order valence-corrected chi connectivity index (χ1v) is 9.66. The molecular weight excluding hydrogens is 360 g/mol. The van der Waals surface area contributed by atoms with Gasteiger partial charge in [-0.1, -0.05) is 48.4 Å². The highest BCUT2D eigenvalue weighted by atomic mass is 35.5. The molecule has 0 aliphatic heterocycles. The molecule has 4 rings (SSSR count). The number of H-pyrrole nitrogens is 1. The number of aromatic nitrogens is 1. The fraction of sp³-hybridized carbons (Fsp3) is 0.273. The minimum atomic E-state index is -0.178. The van der Waals surface area contributed by atoms with Crippen LogP contribution in [0.4, 0.5) is 0 Å². The van der Waals surface area contributed by atoms with Gasteiger partial charge in [0.05, 0.1) is 5.56 Å². The smallest absolute Gasteiger partial charge is 0.255 e. The van der Waals surface area contributed by atoms with E-state index < -0.39 is 0 Å². The fourth-order valence-corrected chi connectivity index (χ4v) is 4.14. The van der Waals surface area contributed by atoms with Gasteiger partial charge in [-0.25, -0.2) is 0 Å². The standard InChI is InChI=1S/C22H21ClN2O2/c23-16-10-8-14(9-11-16)15-4-3-5-17(12-15)25-22(27)20-13-24-21(26)19-7-2-1-6-18(19)20/h1-2,6-11,13,15,17H,3-5,12H2,(H,24,26)(H,25,27). The lowest BCUT2D eigenvalue weighted by atomic mass is 9.81. The molecule has 27 heavy (non-hydrogen) atoms. The Morgan fingerprint density at radius 2 is 1.78 bits per heavy atom. The second kappa shape index (κ2) is 7.57. The van der Waals surface area contributed by atoms with Crippen LogP contribution < -0.4 is 10.9 Å². The molecule has 2 N–H and O–H groups in total. The van der Waals surface area contributed by atoms with Crippen molar-refractivity contribution < 1.29 is 4.79 Å². The number of fused-ring (bicyclic) bond motifs is 1. The highest BCUT2D eigenvalue weighted by molar-refractivity contribution is 6.30. The fourth-order valence-electron chi connectivity index (χ4n) is 4.02. The summed E-state index contributed by atoms with van der Waals surface area (Å²) < 4.78 is 0. The van der Waals surface area contributed by atoms with E-state index in [2.05, 4.69) is 22.4 Å². The summed E-state index contributed by atoms with van der Waals surface area (Å²) in [5.41, 5.74) is 1.61. The third-order valence-corrected chi connectivity index (χ3v) is 5.66. The van der Waals surface area contributed by atoms with Crippen molar-refractivity contribution in [1.29, 1.82) is 0 Å². The molecular formula is C22H21ClN2O2. The van der Waals surface area contributed by atoms with Gasteiger partial charge in [0.1, 0.15) is 0 Å². The Kier molecular flexibility index (Phi) is 4.99. The van der Waals surface area contributed by atoms with E-state index in [0.29, 0.717) is 22.3 Å². The number of aromatic amines is 1. The van der Waals surface area contributed by atoms with Gasteiger partial charge >= 0.3 is 0 Å². The third kappa shape index (κ3) is 3.76. The zero-order valence-electron chi connectivity index (χ0n) is 14.9. The molecule has 4 nitrogen and oxygen atoms in total. The van der Waals surface area contributed by atoms with E-state index in [-0.39, 0.29) is 17.5 Å². The largest absolute Gasteiger partial charge is 0.349 e. The number of halogens is 1. The quantitative estimate of drug-likeness (QED) is 0.695. The van der Waals surface area contributed by atoms with Crippen molar-refractivity contribution in [2.45, 2.75) is 37.6 Å². The average Bonchev–Trinajstić information content (AvgIpc) is 2.69. The summed E-state index contributed by atoms with van der Waals surface area (Å²) >= 11 is 5.99. The summed E-state index contributed by atoms with van der Waals surface area (Å²) in [5.74, 6) is 0.290. The monoisotopic (exact) mass is 380 g/mol. The van der Waals surface area contributed by atoms with Crippen molar-refractivity contribution in [2.24, 2.45) is 0 Å². The number of hydrogen-bond donors (Lipinski definition) is 2. The topological polar surface area (TPSA) is 62.0 Å². The van der Waals surface area contributed by atoms with E-state index in [1.165, 1.54) is 11.8 Å². The number of nitrogens with one attached hydrogen (secondary N) is 2. The van der Waals surface area contributed by atoms with Crippen LogP contribution >= 0.6 is 11.6 Å². The maximum atomic E-state index is 12.9. The summed E-state index contributed by atoms with van der Waals surface area (Å²) in [6, 6.07) is 15.3. The van der Waals surface area contributed by atoms with Crippen LogP contribution in [0.5, 0.6) is 0 Å². The van der Waals surface area contributed by atoms with Crippen molar-refractivity contribution in [2.75, 3.05) is 0 Å². The maximum Gasteiger partial charge on any atom is 0.255 e. The van der Waals surface area contributed by atoms with Crippen molar-refractivity contribution in [3.63, 3.8) is 0 Å². The molecule has 1 aromatic heterocycles. The van der Waals surface area contributed by atoms with Gasteiger partial charge in [-0.15, -0.1) is 0 Å². The number of rotatable bonds is 3. The normalized spacial score (nSPS) is 19.7. The Morgan fingerprint density at radius 1 is 1.04 bits per heavy atom. The van der Waals surface area contributed by atoms with Crippen LogP contribution in [0.25, 0.3) is 10.8 Å².